The summed E-state index contributed by atoms with van der Waals surface area (Å²) in [5.74, 6) is 0.791. The molecule has 114 valence electrons. The van der Waals surface area contributed by atoms with Gasteiger partial charge < -0.3 is 9.52 Å². The number of nitrogens with zero attached hydrogens (tertiary/aromatic N) is 3. The van der Waals surface area contributed by atoms with Gasteiger partial charge in [-0.3, -0.25) is 0 Å². The molecule has 0 saturated heterocycles. The number of aliphatic hydroxyl groups is 1. The molecule has 3 aromatic rings. The fourth-order valence-corrected chi connectivity index (χ4v) is 2.12. The molecule has 0 aliphatic heterocycles. The molecule has 0 amide bonds. The SMILES string of the molecule is CC[C@H](O)Cn1nc(-c2ccc(F)cc2)nc1-c1ccoc1. The van der Waals surface area contributed by atoms with Crippen LogP contribution in [0.25, 0.3) is 22.8 Å². The third-order valence-electron chi connectivity index (χ3n) is 3.41. The summed E-state index contributed by atoms with van der Waals surface area (Å²) in [6.07, 6.45) is 3.25. The Morgan fingerprint density at radius 1 is 1.23 bits per heavy atom. The Balaban J connectivity index is 2.02. The van der Waals surface area contributed by atoms with Crippen molar-refractivity contribution in [2.24, 2.45) is 0 Å². The molecule has 22 heavy (non-hydrogen) atoms. The Bertz CT molecular complexity index is 735. The number of benzene rings is 1. The van der Waals surface area contributed by atoms with Gasteiger partial charge in [0.1, 0.15) is 12.1 Å². The number of halogens is 1. The summed E-state index contributed by atoms with van der Waals surface area (Å²) in [6, 6.07) is 7.78. The molecule has 6 heteroatoms. The summed E-state index contributed by atoms with van der Waals surface area (Å²) in [5, 5.41) is 14.3. The quantitative estimate of drug-likeness (QED) is 0.786. The lowest BCUT2D eigenvalue weighted by molar-refractivity contribution is 0.146. The molecule has 0 aliphatic rings. The van der Waals surface area contributed by atoms with Crippen molar-refractivity contribution >= 4 is 0 Å². The van der Waals surface area contributed by atoms with Gasteiger partial charge in [-0.25, -0.2) is 14.1 Å². The zero-order valence-corrected chi connectivity index (χ0v) is 12.1. The van der Waals surface area contributed by atoms with Crippen molar-refractivity contribution in [1.82, 2.24) is 14.8 Å². The molecule has 1 N–H and O–H groups in total. The van der Waals surface area contributed by atoms with Crippen LogP contribution in [0.3, 0.4) is 0 Å². The smallest absolute Gasteiger partial charge is 0.181 e. The van der Waals surface area contributed by atoms with E-state index in [0.29, 0.717) is 24.6 Å². The van der Waals surface area contributed by atoms with Crippen LogP contribution in [-0.2, 0) is 6.54 Å². The Hall–Kier alpha value is -2.47. The lowest BCUT2D eigenvalue weighted by Crippen LogP contribution is -2.16. The first-order valence-electron chi connectivity index (χ1n) is 7.08. The molecule has 0 spiro atoms. The lowest BCUT2D eigenvalue weighted by atomic mass is 10.2. The zero-order chi connectivity index (χ0) is 15.5. The summed E-state index contributed by atoms with van der Waals surface area (Å²) in [5.41, 5.74) is 1.50. The van der Waals surface area contributed by atoms with Crippen LogP contribution in [0.15, 0.2) is 47.3 Å². The highest BCUT2D eigenvalue weighted by Gasteiger charge is 2.16. The Morgan fingerprint density at radius 3 is 2.64 bits per heavy atom. The fraction of sp³-hybridized carbons (Fsp3) is 0.250. The van der Waals surface area contributed by atoms with E-state index in [-0.39, 0.29) is 5.82 Å². The first-order chi connectivity index (χ1) is 10.7. The minimum atomic E-state index is -0.506. The van der Waals surface area contributed by atoms with Gasteiger partial charge >= 0.3 is 0 Å². The number of furan rings is 1. The van der Waals surface area contributed by atoms with Crippen molar-refractivity contribution in [3.05, 3.63) is 48.7 Å². The average Bonchev–Trinajstić information content (AvgIpc) is 3.17. The predicted octanol–water partition coefficient (Wildman–Crippen LogP) is 3.12. The molecule has 0 bridgehead atoms. The van der Waals surface area contributed by atoms with E-state index in [2.05, 4.69) is 10.1 Å². The largest absolute Gasteiger partial charge is 0.472 e. The third kappa shape index (κ3) is 2.92. The summed E-state index contributed by atoms with van der Waals surface area (Å²) in [6.45, 7) is 2.24. The monoisotopic (exact) mass is 301 g/mol. The lowest BCUT2D eigenvalue weighted by Gasteiger charge is -2.08. The van der Waals surface area contributed by atoms with Crippen LogP contribution in [0.4, 0.5) is 4.39 Å². The zero-order valence-electron chi connectivity index (χ0n) is 12.1. The van der Waals surface area contributed by atoms with E-state index in [4.69, 9.17) is 4.42 Å². The minimum Gasteiger partial charge on any atom is -0.472 e. The predicted molar refractivity (Wildman–Crippen MR) is 79.4 cm³/mol. The number of aromatic nitrogens is 3. The highest BCUT2D eigenvalue weighted by molar-refractivity contribution is 5.60. The molecule has 2 aromatic heterocycles. The van der Waals surface area contributed by atoms with Gasteiger partial charge in [0, 0.05) is 5.56 Å². The number of hydrogen-bond acceptors (Lipinski definition) is 4. The molecule has 0 radical (unpaired) electrons. The van der Waals surface area contributed by atoms with Gasteiger partial charge in [-0.1, -0.05) is 6.92 Å². The van der Waals surface area contributed by atoms with Crippen molar-refractivity contribution in [2.45, 2.75) is 26.0 Å². The molecule has 1 atom stereocenters. The van der Waals surface area contributed by atoms with Crippen LogP contribution >= 0.6 is 0 Å². The molecular formula is C16H16FN3O2. The molecular weight excluding hydrogens is 285 g/mol. The molecule has 0 saturated carbocycles. The number of rotatable bonds is 5. The Morgan fingerprint density at radius 2 is 2.00 bits per heavy atom. The first-order valence-corrected chi connectivity index (χ1v) is 7.08. The van der Waals surface area contributed by atoms with Crippen LogP contribution in [0.1, 0.15) is 13.3 Å². The van der Waals surface area contributed by atoms with Crippen molar-refractivity contribution in [3.8, 4) is 22.8 Å². The highest BCUT2D eigenvalue weighted by atomic mass is 19.1. The molecule has 2 heterocycles. The maximum absolute atomic E-state index is 13.0. The topological polar surface area (TPSA) is 64.1 Å². The molecule has 1 aromatic carbocycles. The van der Waals surface area contributed by atoms with E-state index in [1.807, 2.05) is 6.92 Å². The summed E-state index contributed by atoms with van der Waals surface area (Å²) >= 11 is 0. The molecule has 0 unspecified atom stereocenters. The summed E-state index contributed by atoms with van der Waals surface area (Å²) in [7, 11) is 0. The second-order valence-electron chi connectivity index (χ2n) is 5.02. The third-order valence-corrected chi connectivity index (χ3v) is 3.41. The number of aliphatic hydroxyl groups excluding tert-OH is 1. The van der Waals surface area contributed by atoms with Crippen LogP contribution < -0.4 is 0 Å². The van der Waals surface area contributed by atoms with E-state index in [1.54, 1.807) is 35.4 Å². The standard InChI is InChI=1S/C16H16FN3O2/c1-2-14(21)9-20-16(12-7-8-22-10-12)18-15(19-20)11-3-5-13(17)6-4-11/h3-8,10,14,21H,2,9H2,1H3/t14-/m0/s1. The second-order valence-corrected chi connectivity index (χ2v) is 5.02. The van der Waals surface area contributed by atoms with E-state index >= 15 is 0 Å². The van der Waals surface area contributed by atoms with E-state index in [1.165, 1.54) is 12.1 Å². The molecule has 5 nitrogen and oxygen atoms in total. The fourth-order valence-electron chi connectivity index (χ4n) is 2.12. The van der Waals surface area contributed by atoms with Crippen LogP contribution in [0.2, 0.25) is 0 Å². The molecule has 3 rings (SSSR count). The van der Waals surface area contributed by atoms with Crippen molar-refractivity contribution in [1.29, 1.82) is 0 Å². The van der Waals surface area contributed by atoms with Crippen LogP contribution in [-0.4, -0.2) is 26.0 Å². The second kappa shape index (κ2) is 6.11. The normalized spacial score (nSPS) is 12.5. The van der Waals surface area contributed by atoms with E-state index in [0.717, 1.165) is 11.1 Å². The van der Waals surface area contributed by atoms with Gasteiger partial charge in [-0.05, 0) is 36.8 Å². The van der Waals surface area contributed by atoms with Crippen molar-refractivity contribution in [3.63, 3.8) is 0 Å². The maximum Gasteiger partial charge on any atom is 0.181 e. The van der Waals surface area contributed by atoms with Gasteiger partial charge in [0.2, 0.25) is 0 Å². The van der Waals surface area contributed by atoms with Gasteiger partial charge in [0.25, 0.3) is 0 Å². The summed E-state index contributed by atoms with van der Waals surface area (Å²) < 4.78 is 19.8. The Labute approximate surface area is 127 Å². The maximum atomic E-state index is 13.0. The van der Waals surface area contributed by atoms with Crippen molar-refractivity contribution < 1.29 is 13.9 Å². The number of hydrogen-bond donors (Lipinski definition) is 1. The molecule has 0 aliphatic carbocycles. The Kier molecular flexibility index (Phi) is 4.02. The van der Waals surface area contributed by atoms with Crippen molar-refractivity contribution in [2.75, 3.05) is 0 Å². The average molecular weight is 301 g/mol. The highest BCUT2D eigenvalue weighted by Crippen LogP contribution is 2.23. The first kappa shape index (κ1) is 14.5. The minimum absolute atomic E-state index is 0.306. The van der Waals surface area contributed by atoms with Gasteiger partial charge in [-0.2, -0.15) is 5.10 Å². The van der Waals surface area contributed by atoms with E-state index in [9.17, 15) is 9.50 Å². The summed E-state index contributed by atoms with van der Waals surface area (Å²) in [4.78, 5) is 4.50. The van der Waals surface area contributed by atoms with E-state index < -0.39 is 6.10 Å². The van der Waals surface area contributed by atoms with Gasteiger partial charge in [0.05, 0.1) is 24.5 Å². The van der Waals surface area contributed by atoms with Gasteiger partial charge in [-0.15, -0.1) is 0 Å². The molecule has 0 fully saturated rings. The van der Waals surface area contributed by atoms with Crippen LogP contribution in [0, 0.1) is 5.82 Å². The van der Waals surface area contributed by atoms with Gasteiger partial charge in [0.15, 0.2) is 11.6 Å². The van der Waals surface area contributed by atoms with Crippen LogP contribution in [0.5, 0.6) is 0 Å².